The first-order chi connectivity index (χ1) is 7.11. The van der Waals surface area contributed by atoms with Crippen molar-refractivity contribution < 1.29 is 9.90 Å². The summed E-state index contributed by atoms with van der Waals surface area (Å²) < 4.78 is 0. The number of thioether (sulfide) groups is 1. The van der Waals surface area contributed by atoms with Crippen LogP contribution in [0.1, 0.15) is 5.56 Å². The summed E-state index contributed by atoms with van der Waals surface area (Å²) in [7, 11) is 0. The molecule has 0 spiro atoms. The van der Waals surface area contributed by atoms with Gasteiger partial charge in [-0.05, 0) is 0 Å². The molecule has 0 aliphatic carbocycles. The number of hydrogen-bond donors (Lipinski definition) is 2. The average molecular weight is 244 g/mol. The molecule has 80 valence electrons. The van der Waals surface area contributed by atoms with Crippen molar-refractivity contribution in [3.8, 4) is 0 Å². The zero-order valence-electron chi connectivity index (χ0n) is 7.81. The Balaban J connectivity index is 2.47. The van der Waals surface area contributed by atoms with Gasteiger partial charge in [0.1, 0.15) is 5.38 Å². The second-order valence-electron chi connectivity index (χ2n) is 2.81. The molecule has 0 fully saturated rings. The predicted molar refractivity (Wildman–Crippen MR) is 63.0 cm³/mol. The predicted octanol–water partition coefficient (Wildman–Crippen LogP) is 2.44. The largest absolute Gasteiger partial charge is 0.480 e. The van der Waals surface area contributed by atoms with Gasteiger partial charge in [-0.15, -0.1) is 23.4 Å². The maximum atomic E-state index is 10.4. The maximum absolute atomic E-state index is 10.4. The van der Waals surface area contributed by atoms with E-state index in [-0.39, 0.29) is 5.75 Å². The van der Waals surface area contributed by atoms with Crippen molar-refractivity contribution in [2.24, 2.45) is 0 Å². The number of benzene rings is 1. The van der Waals surface area contributed by atoms with Gasteiger partial charge in [0.05, 0.1) is 5.04 Å². The van der Waals surface area contributed by atoms with Crippen molar-refractivity contribution in [3.05, 3.63) is 35.9 Å². The van der Waals surface area contributed by atoms with E-state index in [4.69, 9.17) is 22.1 Å². The minimum absolute atomic E-state index is 0.199. The summed E-state index contributed by atoms with van der Waals surface area (Å²) in [6.07, 6.45) is 0. The monoisotopic (exact) mass is 243 g/mol. The van der Waals surface area contributed by atoms with Crippen LogP contribution < -0.4 is 0 Å². The van der Waals surface area contributed by atoms with Crippen molar-refractivity contribution in [3.63, 3.8) is 0 Å². The lowest BCUT2D eigenvalue weighted by atomic mass is 10.2. The van der Waals surface area contributed by atoms with Crippen LogP contribution in [0.15, 0.2) is 30.3 Å². The number of halogens is 1. The average Bonchev–Trinajstić information content (AvgIpc) is 2.26. The summed E-state index contributed by atoms with van der Waals surface area (Å²) in [5.41, 5.74) is 0.775. The molecule has 5 heteroatoms. The van der Waals surface area contributed by atoms with Crippen molar-refractivity contribution in [1.82, 2.24) is 0 Å². The zero-order valence-corrected chi connectivity index (χ0v) is 9.39. The normalized spacial score (nSPS) is 12.1. The van der Waals surface area contributed by atoms with Gasteiger partial charge in [-0.2, -0.15) is 0 Å². The second kappa shape index (κ2) is 5.78. The maximum Gasteiger partial charge on any atom is 0.322 e. The molecule has 15 heavy (non-hydrogen) atoms. The Hall–Kier alpha value is -1.00. The number of nitrogens with one attached hydrogen (secondary N) is 1. The molecular formula is C10H10ClNO2S. The standard InChI is InChI=1S/C10H10ClNO2S/c11-8(10(13)14)6-15-9(12)7-4-2-1-3-5-7/h1-5,8,12H,6H2,(H,13,14). The number of carboxylic acid groups (broad SMARTS) is 1. The lowest BCUT2D eigenvalue weighted by Gasteiger charge is -2.05. The molecule has 0 amide bonds. The SMILES string of the molecule is N=C(SCC(Cl)C(=O)O)c1ccccc1. The van der Waals surface area contributed by atoms with Crippen molar-refractivity contribution >= 4 is 34.4 Å². The molecule has 0 saturated carbocycles. The smallest absolute Gasteiger partial charge is 0.322 e. The molecule has 3 nitrogen and oxygen atoms in total. The summed E-state index contributed by atoms with van der Waals surface area (Å²) in [6.45, 7) is 0. The first-order valence-electron chi connectivity index (χ1n) is 4.25. The fourth-order valence-corrected chi connectivity index (χ4v) is 1.85. The second-order valence-corrected chi connectivity index (χ2v) is 4.37. The van der Waals surface area contributed by atoms with Crippen LogP contribution in [0, 0.1) is 5.41 Å². The number of aliphatic carboxylic acids is 1. The highest BCUT2D eigenvalue weighted by atomic mass is 35.5. The Kier molecular flexibility index (Phi) is 4.65. The van der Waals surface area contributed by atoms with Gasteiger partial charge in [0, 0.05) is 11.3 Å². The molecule has 0 saturated heterocycles. The van der Waals surface area contributed by atoms with Crippen LogP contribution in [0.5, 0.6) is 0 Å². The van der Waals surface area contributed by atoms with Gasteiger partial charge in [-0.25, -0.2) is 0 Å². The van der Waals surface area contributed by atoms with Gasteiger partial charge in [0.15, 0.2) is 0 Å². The van der Waals surface area contributed by atoms with Gasteiger partial charge in [0.2, 0.25) is 0 Å². The Morgan fingerprint density at radius 3 is 2.60 bits per heavy atom. The van der Waals surface area contributed by atoms with Crippen LogP contribution in [0.3, 0.4) is 0 Å². The fourth-order valence-electron chi connectivity index (χ4n) is 0.901. The summed E-state index contributed by atoms with van der Waals surface area (Å²) in [4.78, 5) is 10.4. The van der Waals surface area contributed by atoms with E-state index >= 15 is 0 Å². The Morgan fingerprint density at radius 2 is 2.07 bits per heavy atom. The molecule has 1 unspecified atom stereocenters. The lowest BCUT2D eigenvalue weighted by Crippen LogP contribution is -2.16. The molecule has 0 heterocycles. The third-order valence-electron chi connectivity index (χ3n) is 1.68. The van der Waals surface area contributed by atoms with Gasteiger partial charge in [-0.1, -0.05) is 30.3 Å². The molecule has 2 N–H and O–H groups in total. The van der Waals surface area contributed by atoms with Crippen LogP contribution in [-0.4, -0.2) is 27.2 Å². The molecule has 0 aromatic heterocycles. The minimum Gasteiger partial charge on any atom is -0.480 e. The Labute approximate surface area is 97.0 Å². The van der Waals surface area contributed by atoms with E-state index < -0.39 is 11.3 Å². The molecule has 0 bridgehead atoms. The van der Waals surface area contributed by atoms with Gasteiger partial charge in [0.25, 0.3) is 0 Å². The molecule has 0 aliphatic rings. The molecule has 1 aromatic rings. The summed E-state index contributed by atoms with van der Waals surface area (Å²) >= 11 is 6.67. The molecular weight excluding hydrogens is 234 g/mol. The fraction of sp³-hybridized carbons (Fsp3) is 0.200. The minimum atomic E-state index is -1.05. The molecule has 1 rings (SSSR count). The summed E-state index contributed by atoms with van der Waals surface area (Å²) in [5, 5.41) is 15.6. The van der Waals surface area contributed by atoms with E-state index in [9.17, 15) is 4.79 Å². The molecule has 1 atom stereocenters. The number of alkyl halides is 1. The Morgan fingerprint density at radius 1 is 1.47 bits per heavy atom. The number of carboxylic acids is 1. The number of hydrogen-bond acceptors (Lipinski definition) is 3. The highest BCUT2D eigenvalue weighted by Crippen LogP contribution is 2.15. The highest BCUT2D eigenvalue weighted by Gasteiger charge is 2.14. The van der Waals surface area contributed by atoms with E-state index in [1.54, 1.807) is 12.1 Å². The van der Waals surface area contributed by atoms with Crippen molar-refractivity contribution in [1.29, 1.82) is 5.41 Å². The highest BCUT2D eigenvalue weighted by molar-refractivity contribution is 8.14. The van der Waals surface area contributed by atoms with Crippen LogP contribution in [0.2, 0.25) is 0 Å². The molecule has 1 aromatic carbocycles. The molecule has 0 radical (unpaired) electrons. The van der Waals surface area contributed by atoms with Crippen LogP contribution in [-0.2, 0) is 4.79 Å². The first kappa shape index (κ1) is 12.1. The first-order valence-corrected chi connectivity index (χ1v) is 5.67. The van der Waals surface area contributed by atoms with E-state index in [0.717, 1.165) is 17.3 Å². The van der Waals surface area contributed by atoms with E-state index in [0.29, 0.717) is 5.04 Å². The van der Waals surface area contributed by atoms with Crippen molar-refractivity contribution in [2.75, 3.05) is 5.75 Å². The van der Waals surface area contributed by atoms with Crippen LogP contribution in [0.25, 0.3) is 0 Å². The topological polar surface area (TPSA) is 61.2 Å². The quantitative estimate of drug-likeness (QED) is 0.485. The van der Waals surface area contributed by atoms with Gasteiger partial charge < -0.3 is 5.11 Å². The van der Waals surface area contributed by atoms with Crippen LogP contribution in [0.4, 0.5) is 0 Å². The van der Waals surface area contributed by atoms with Gasteiger partial charge in [-0.3, -0.25) is 10.2 Å². The summed E-state index contributed by atoms with van der Waals surface area (Å²) in [6, 6.07) is 9.14. The zero-order chi connectivity index (χ0) is 11.3. The van der Waals surface area contributed by atoms with E-state index in [2.05, 4.69) is 0 Å². The van der Waals surface area contributed by atoms with E-state index in [1.807, 2.05) is 18.2 Å². The third kappa shape index (κ3) is 3.93. The third-order valence-corrected chi connectivity index (χ3v) is 3.23. The van der Waals surface area contributed by atoms with Gasteiger partial charge >= 0.3 is 5.97 Å². The van der Waals surface area contributed by atoms with E-state index in [1.165, 1.54) is 0 Å². The molecule has 0 aliphatic heterocycles. The van der Waals surface area contributed by atoms with Crippen molar-refractivity contribution in [2.45, 2.75) is 5.38 Å². The number of rotatable bonds is 4. The number of carbonyl (C=O) groups is 1. The summed E-state index contributed by atoms with van der Waals surface area (Å²) in [5.74, 6) is -0.852. The van der Waals surface area contributed by atoms with Crippen LogP contribution >= 0.6 is 23.4 Å². The Bertz CT molecular complexity index is 356. The lowest BCUT2D eigenvalue weighted by molar-refractivity contribution is -0.136.